The third-order valence-electron chi connectivity index (χ3n) is 4.20. The lowest BCUT2D eigenvalue weighted by atomic mass is 10.1. The van der Waals surface area contributed by atoms with Gasteiger partial charge in [0.05, 0.1) is 30.5 Å². The fraction of sp³-hybridized carbons (Fsp3) is 0.389. The van der Waals surface area contributed by atoms with Crippen molar-refractivity contribution in [2.75, 3.05) is 19.7 Å². The van der Waals surface area contributed by atoms with Gasteiger partial charge in [-0.25, -0.2) is 4.68 Å². The molecule has 3 rings (SSSR count). The molecule has 0 saturated carbocycles. The topological polar surface area (TPSA) is 84.7 Å². The van der Waals surface area contributed by atoms with Crippen LogP contribution in [-0.4, -0.2) is 57.5 Å². The molecular formula is C18H21N3O4. The standard InChI is InChI=1S/C18H21N3O4/c1-12-9-13(2)21(19-12)15-5-3-14(4-6-15)18(24)20-7-8-25-16(11-20)10-17(22)23/h3-6,9,16H,7-8,10-11H2,1-2H3,(H,22,23). The van der Waals surface area contributed by atoms with Gasteiger partial charge in [0.2, 0.25) is 0 Å². The smallest absolute Gasteiger partial charge is 0.306 e. The van der Waals surface area contributed by atoms with Crippen molar-refractivity contribution in [3.8, 4) is 5.69 Å². The summed E-state index contributed by atoms with van der Waals surface area (Å²) < 4.78 is 7.25. The summed E-state index contributed by atoms with van der Waals surface area (Å²) in [5, 5.41) is 13.3. The highest BCUT2D eigenvalue weighted by Gasteiger charge is 2.26. The van der Waals surface area contributed by atoms with Crippen molar-refractivity contribution in [1.29, 1.82) is 0 Å². The maximum absolute atomic E-state index is 12.7. The average Bonchev–Trinajstić information content (AvgIpc) is 2.92. The second kappa shape index (κ2) is 7.06. The van der Waals surface area contributed by atoms with Crippen LogP contribution in [0.25, 0.3) is 5.69 Å². The van der Waals surface area contributed by atoms with E-state index in [0.717, 1.165) is 17.1 Å². The van der Waals surface area contributed by atoms with E-state index in [4.69, 9.17) is 9.84 Å². The molecule has 1 N–H and O–H groups in total. The van der Waals surface area contributed by atoms with Crippen LogP contribution in [0.15, 0.2) is 30.3 Å². The van der Waals surface area contributed by atoms with E-state index in [1.807, 2.05) is 36.7 Å². The SMILES string of the molecule is Cc1cc(C)n(-c2ccc(C(=O)N3CCOC(CC(=O)O)C3)cc2)n1. The molecule has 1 fully saturated rings. The van der Waals surface area contributed by atoms with Crippen LogP contribution in [0.5, 0.6) is 0 Å². The van der Waals surface area contributed by atoms with Crippen molar-refractivity contribution < 1.29 is 19.4 Å². The summed E-state index contributed by atoms with van der Waals surface area (Å²) in [4.78, 5) is 25.1. The maximum Gasteiger partial charge on any atom is 0.306 e. The summed E-state index contributed by atoms with van der Waals surface area (Å²) in [6, 6.07) is 9.27. The molecule has 1 aromatic carbocycles. The van der Waals surface area contributed by atoms with E-state index in [9.17, 15) is 9.59 Å². The molecule has 1 atom stereocenters. The molecule has 1 aliphatic rings. The Labute approximate surface area is 145 Å². The Hall–Kier alpha value is -2.67. The van der Waals surface area contributed by atoms with Crippen LogP contribution < -0.4 is 0 Å². The number of aliphatic carboxylic acids is 1. The normalized spacial score (nSPS) is 17.5. The molecule has 7 heteroatoms. The lowest BCUT2D eigenvalue weighted by Gasteiger charge is -2.32. The number of rotatable bonds is 4. The second-order valence-electron chi connectivity index (χ2n) is 6.23. The van der Waals surface area contributed by atoms with Gasteiger partial charge in [-0.2, -0.15) is 5.10 Å². The summed E-state index contributed by atoms with van der Waals surface area (Å²) in [6.07, 6.45) is -0.551. The number of nitrogens with zero attached hydrogens (tertiary/aromatic N) is 3. The molecule has 1 saturated heterocycles. The number of benzene rings is 1. The van der Waals surface area contributed by atoms with E-state index in [2.05, 4.69) is 5.10 Å². The lowest BCUT2D eigenvalue weighted by Crippen LogP contribution is -2.46. The van der Waals surface area contributed by atoms with Crippen molar-refractivity contribution in [2.24, 2.45) is 0 Å². The van der Waals surface area contributed by atoms with Crippen LogP contribution in [0.3, 0.4) is 0 Å². The number of aromatic nitrogens is 2. The molecule has 1 unspecified atom stereocenters. The number of morpholine rings is 1. The molecule has 0 bridgehead atoms. The number of carboxylic acids is 1. The van der Waals surface area contributed by atoms with E-state index in [-0.39, 0.29) is 12.3 Å². The van der Waals surface area contributed by atoms with Gasteiger partial charge in [0, 0.05) is 24.3 Å². The van der Waals surface area contributed by atoms with E-state index in [1.54, 1.807) is 17.0 Å². The first-order chi connectivity index (χ1) is 11.9. The first kappa shape index (κ1) is 17.2. The molecule has 1 amide bonds. The fourth-order valence-corrected chi connectivity index (χ4v) is 3.04. The average molecular weight is 343 g/mol. The first-order valence-corrected chi connectivity index (χ1v) is 8.20. The highest BCUT2D eigenvalue weighted by atomic mass is 16.5. The Morgan fingerprint density at radius 1 is 1.28 bits per heavy atom. The minimum atomic E-state index is -0.923. The zero-order valence-corrected chi connectivity index (χ0v) is 14.3. The van der Waals surface area contributed by atoms with Gasteiger partial charge in [-0.15, -0.1) is 0 Å². The van der Waals surface area contributed by atoms with Gasteiger partial charge in [-0.1, -0.05) is 0 Å². The Morgan fingerprint density at radius 2 is 2.00 bits per heavy atom. The Bertz CT molecular complexity index is 782. The molecule has 1 aliphatic heterocycles. The number of amides is 1. The third-order valence-corrected chi connectivity index (χ3v) is 4.20. The van der Waals surface area contributed by atoms with Crippen molar-refractivity contribution in [2.45, 2.75) is 26.4 Å². The molecule has 25 heavy (non-hydrogen) atoms. The number of hydrogen-bond donors (Lipinski definition) is 1. The fourth-order valence-electron chi connectivity index (χ4n) is 3.04. The molecule has 2 aromatic rings. The molecule has 0 radical (unpaired) electrons. The lowest BCUT2D eigenvalue weighted by molar-refractivity contribution is -0.141. The van der Waals surface area contributed by atoms with Crippen LogP contribution in [0.2, 0.25) is 0 Å². The number of carbonyl (C=O) groups excluding carboxylic acids is 1. The highest BCUT2D eigenvalue weighted by molar-refractivity contribution is 5.94. The summed E-state index contributed by atoms with van der Waals surface area (Å²) in [5.74, 6) is -1.04. The van der Waals surface area contributed by atoms with Crippen LogP contribution in [0.4, 0.5) is 0 Å². The van der Waals surface area contributed by atoms with E-state index >= 15 is 0 Å². The first-order valence-electron chi connectivity index (χ1n) is 8.20. The number of carboxylic acid groups (broad SMARTS) is 1. The second-order valence-corrected chi connectivity index (χ2v) is 6.23. The predicted molar refractivity (Wildman–Crippen MR) is 90.9 cm³/mol. The third kappa shape index (κ3) is 3.88. The molecule has 2 heterocycles. The molecule has 7 nitrogen and oxygen atoms in total. The van der Waals surface area contributed by atoms with Crippen molar-refractivity contribution in [3.63, 3.8) is 0 Å². The highest BCUT2D eigenvalue weighted by Crippen LogP contribution is 2.16. The zero-order chi connectivity index (χ0) is 18.0. The quantitative estimate of drug-likeness (QED) is 0.915. The summed E-state index contributed by atoms with van der Waals surface area (Å²) in [6.45, 7) is 5.04. The minimum Gasteiger partial charge on any atom is -0.481 e. The van der Waals surface area contributed by atoms with Gasteiger partial charge in [-0.3, -0.25) is 9.59 Å². The van der Waals surface area contributed by atoms with Crippen molar-refractivity contribution in [3.05, 3.63) is 47.3 Å². The summed E-state index contributed by atoms with van der Waals surface area (Å²) in [7, 11) is 0. The summed E-state index contributed by atoms with van der Waals surface area (Å²) in [5.41, 5.74) is 3.44. The zero-order valence-electron chi connectivity index (χ0n) is 14.3. The van der Waals surface area contributed by atoms with Gasteiger partial charge in [0.25, 0.3) is 5.91 Å². The van der Waals surface area contributed by atoms with Crippen LogP contribution in [0, 0.1) is 13.8 Å². The van der Waals surface area contributed by atoms with Crippen LogP contribution in [0.1, 0.15) is 28.2 Å². The van der Waals surface area contributed by atoms with Gasteiger partial charge in [0.1, 0.15) is 0 Å². The largest absolute Gasteiger partial charge is 0.481 e. The molecule has 0 aliphatic carbocycles. The van der Waals surface area contributed by atoms with E-state index in [1.165, 1.54) is 0 Å². The molecule has 1 aromatic heterocycles. The maximum atomic E-state index is 12.7. The van der Waals surface area contributed by atoms with E-state index < -0.39 is 12.1 Å². The monoisotopic (exact) mass is 343 g/mol. The van der Waals surface area contributed by atoms with Crippen LogP contribution >= 0.6 is 0 Å². The predicted octanol–water partition coefficient (Wildman–Crippen LogP) is 1.80. The Kier molecular flexibility index (Phi) is 4.85. The van der Waals surface area contributed by atoms with Crippen molar-refractivity contribution in [1.82, 2.24) is 14.7 Å². The number of ether oxygens (including phenoxy) is 1. The number of aryl methyl sites for hydroxylation is 2. The number of carbonyl (C=O) groups is 2. The van der Waals surface area contributed by atoms with Gasteiger partial charge in [-0.05, 0) is 44.2 Å². The van der Waals surface area contributed by atoms with Gasteiger partial charge >= 0.3 is 5.97 Å². The van der Waals surface area contributed by atoms with Crippen LogP contribution in [-0.2, 0) is 9.53 Å². The van der Waals surface area contributed by atoms with E-state index in [0.29, 0.717) is 25.3 Å². The van der Waals surface area contributed by atoms with Gasteiger partial charge in [0.15, 0.2) is 0 Å². The number of hydrogen-bond acceptors (Lipinski definition) is 4. The Balaban J connectivity index is 1.72. The molecular weight excluding hydrogens is 322 g/mol. The minimum absolute atomic E-state index is 0.0966. The molecule has 132 valence electrons. The van der Waals surface area contributed by atoms with Crippen molar-refractivity contribution >= 4 is 11.9 Å². The summed E-state index contributed by atoms with van der Waals surface area (Å²) >= 11 is 0. The van der Waals surface area contributed by atoms with Gasteiger partial charge < -0.3 is 14.7 Å². The molecule has 0 spiro atoms. The Morgan fingerprint density at radius 3 is 2.60 bits per heavy atom.